The first kappa shape index (κ1) is 10.9. The summed E-state index contributed by atoms with van der Waals surface area (Å²) in [5, 5.41) is 0. The fraction of sp³-hybridized carbons (Fsp3) is 0.462. The van der Waals surface area contributed by atoms with Crippen LogP contribution in [0.5, 0.6) is 0 Å². The molecule has 0 spiro atoms. The van der Waals surface area contributed by atoms with E-state index < -0.39 is 0 Å². The summed E-state index contributed by atoms with van der Waals surface area (Å²) in [5.74, 6) is 0.478. The van der Waals surface area contributed by atoms with Crippen LogP contribution in [-0.4, -0.2) is 20.7 Å². The summed E-state index contributed by atoms with van der Waals surface area (Å²) in [6.45, 7) is 4.16. The van der Waals surface area contributed by atoms with Crippen molar-refractivity contribution in [3.8, 4) is 0 Å². The number of carbonyl (C=O) groups is 1. The van der Waals surface area contributed by atoms with E-state index in [-0.39, 0.29) is 5.41 Å². The van der Waals surface area contributed by atoms with Crippen molar-refractivity contribution in [1.29, 1.82) is 0 Å². The van der Waals surface area contributed by atoms with E-state index in [0.717, 1.165) is 12.8 Å². The van der Waals surface area contributed by atoms with Gasteiger partial charge in [0.1, 0.15) is 0 Å². The molecule has 15 heavy (non-hydrogen) atoms. The van der Waals surface area contributed by atoms with Crippen molar-refractivity contribution < 1.29 is 4.79 Å². The van der Waals surface area contributed by atoms with Crippen LogP contribution in [0.3, 0.4) is 0 Å². The third kappa shape index (κ3) is 2.32. The molecule has 0 amide bonds. The second kappa shape index (κ2) is 4.11. The van der Waals surface area contributed by atoms with Gasteiger partial charge < -0.3 is 0 Å². The van der Waals surface area contributed by atoms with Crippen LogP contribution in [0.1, 0.15) is 26.7 Å². The maximum atomic E-state index is 12.0. The molecule has 2 rings (SSSR count). The number of carbonyl (C=O) groups excluding carboxylic acids is 1. The quantitative estimate of drug-likeness (QED) is 0.751. The molecule has 1 nitrogen and oxygen atoms in total. The third-order valence-corrected chi connectivity index (χ3v) is 5.70. The summed E-state index contributed by atoms with van der Waals surface area (Å²) in [6.07, 6.45) is 2.14. The van der Waals surface area contributed by atoms with Gasteiger partial charge in [-0.05, 0) is 0 Å². The monoisotopic (exact) mass is 268 g/mol. The molecular weight excluding hydrogens is 251 g/mol. The fourth-order valence-corrected chi connectivity index (χ4v) is 4.69. The van der Waals surface area contributed by atoms with Crippen LogP contribution in [0.2, 0.25) is 4.82 Å². The zero-order valence-electron chi connectivity index (χ0n) is 9.19. The van der Waals surface area contributed by atoms with Crippen molar-refractivity contribution in [2.24, 2.45) is 5.41 Å². The number of rotatable bonds is 2. The first-order chi connectivity index (χ1) is 7.09. The molecular formula is C13H16OSe. The normalized spacial score (nSPS) is 24.4. The summed E-state index contributed by atoms with van der Waals surface area (Å²) in [5.41, 5.74) is -0.0683. The molecule has 1 atom stereocenters. The van der Waals surface area contributed by atoms with E-state index in [2.05, 4.69) is 38.1 Å². The number of ketones is 1. The Kier molecular flexibility index (Phi) is 2.99. The van der Waals surface area contributed by atoms with Gasteiger partial charge in [-0.25, -0.2) is 0 Å². The number of hydrogen-bond donors (Lipinski definition) is 0. The van der Waals surface area contributed by atoms with Crippen LogP contribution in [0.25, 0.3) is 0 Å². The van der Waals surface area contributed by atoms with Gasteiger partial charge >= 0.3 is 97.2 Å². The molecule has 80 valence electrons. The molecule has 0 bridgehead atoms. The first-order valence-corrected chi connectivity index (χ1v) is 7.20. The second-order valence-corrected chi connectivity index (χ2v) is 7.38. The molecule has 0 aliphatic heterocycles. The second-order valence-electron chi connectivity index (χ2n) is 4.71. The number of hydrogen-bond acceptors (Lipinski definition) is 1. The third-order valence-electron chi connectivity index (χ3n) is 3.01. The van der Waals surface area contributed by atoms with Crippen LogP contribution < -0.4 is 4.46 Å². The van der Waals surface area contributed by atoms with Gasteiger partial charge in [0.2, 0.25) is 0 Å². The molecule has 1 saturated carbocycles. The maximum absolute atomic E-state index is 12.0. The molecule has 0 saturated heterocycles. The van der Waals surface area contributed by atoms with Crippen LogP contribution in [0, 0.1) is 5.41 Å². The van der Waals surface area contributed by atoms with Crippen molar-refractivity contribution in [2.75, 3.05) is 0 Å². The molecule has 1 aromatic carbocycles. The molecule has 1 fully saturated rings. The van der Waals surface area contributed by atoms with Gasteiger partial charge in [-0.15, -0.1) is 0 Å². The summed E-state index contributed by atoms with van der Waals surface area (Å²) in [6, 6.07) is 10.4. The van der Waals surface area contributed by atoms with Gasteiger partial charge in [0.05, 0.1) is 0 Å². The topological polar surface area (TPSA) is 17.1 Å². The molecule has 0 heterocycles. The molecule has 1 aliphatic carbocycles. The fourth-order valence-electron chi connectivity index (χ4n) is 1.96. The van der Waals surface area contributed by atoms with E-state index in [1.165, 1.54) is 4.46 Å². The van der Waals surface area contributed by atoms with E-state index >= 15 is 0 Å². The first-order valence-electron chi connectivity index (χ1n) is 5.36. The van der Waals surface area contributed by atoms with Gasteiger partial charge in [0.15, 0.2) is 0 Å². The van der Waals surface area contributed by atoms with Gasteiger partial charge in [-0.1, -0.05) is 0 Å². The Labute approximate surface area is 97.4 Å². The minimum absolute atomic E-state index is 0.0683. The van der Waals surface area contributed by atoms with Crippen LogP contribution in [-0.2, 0) is 4.79 Å². The van der Waals surface area contributed by atoms with Crippen LogP contribution >= 0.6 is 0 Å². The zero-order valence-corrected chi connectivity index (χ0v) is 10.9. The summed E-state index contributed by atoms with van der Waals surface area (Å²) in [4.78, 5) is 12.4. The Morgan fingerprint density at radius 2 is 1.93 bits per heavy atom. The van der Waals surface area contributed by atoms with Gasteiger partial charge in [0, 0.05) is 0 Å². The predicted octanol–water partition coefficient (Wildman–Crippen LogP) is 2.19. The average Bonchev–Trinajstić information content (AvgIpc) is 2.47. The van der Waals surface area contributed by atoms with Crippen molar-refractivity contribution in [1.82, 2.24) is 0 Å². The van der Waals surface area contributed by atoms with Crippen molar-refractivity contribution >= 4 is 25.2 Å². The predicted molar refractivity (Wildman–Crippen MR) is 63.6 cm³/mol. The molecule has 1 aliphatic rings. The molecule has 0 aromatic heterocycles. The van der Waals surface area contributed by atoms with Crippen molar-refractivity contribution in [2.45, 2.75) is 31.5 Å². The standard InChI is InChI=1S/C13H16OSe/c1-13(2)9-8-11(12(13)14)15-10-6-4-3-5-7-10/h3-7,11H,8-9H2,1-2H3. The Morgan fingerprint density at radius 3 is 2.47 bits per heavy atom. The minimum atomic E-state index is -0.0683. The average molecular weight is 267 g/mol. The van der Waals surface area contributed by atoms with Crippen LogP contribution in [0.4, 0.5) is 0 Å². The van der Waals surface area contributed by atoms with E-state index in [0.29, 0.717) is 25.6 Å². The van der Waals surface area contributed by atoms with E-state index in [1.807, 2.05) is 6.07 Å². The van der Waals surface area contributed by atoms with E-state index in [9.17, 15) is 4.79 Å². The van der Waals surface area contributed by atoms with E-state index in [4.69, 9.17) is 0 Å². The van der Waals surface area contributed by atoms with Gasteiger partial charge in [-0.3, -0.25) is 0 Å². The van der Waals surface area contributed by atoms with E-state index in [1.54, 1.807) is 0 Å². The molecule has 1 aromatic rings. The molecule has 1 unspecified atom stereocenters. The summed E-state index contributed by atoms with van der Waals surface area (Å²) in [7, 11) is 0. The molecule has 0 radical (unpaired) electrons. The Balaban J connectivity index is 2.06. The zero-order chi connectivity index (χ0) is 10.9. The Morgan fingerprint density at radius 1 is 1.27 bits per heavy atom. The van der Waals surface area contributed by atoms with Crippen molar-refractivity contribution in [3.63, 3.8) is 0 Å². The van der Waals surface area contributed by atoms with Crippen molar-refractivity contribution in [3.05, 3.63) is 30.3 Å². The van der Waals surface area contributed by atoms with Gasteiger partial charge in [0.25, 0.3) is 0 Å². The Hall–Kier alpha value is -0.591. The van der Waals surface area contributed by atoms with Gasteiger partial charge in [-0.2, -0.15) is 0 Å². The number of benzene rings is 1. The van der Waals surface area contributed by atoms with Crippen LogP contribution in [0.15, 0.2) is 30.3 Å². The summed E-state index contributed by atoms with van der Waals surface area (Å²) < 4.78 is 1.35. The number of Topliss-reactive ketones (excluding diaryl/α,β-unsaturated/α-hetero) is 1. The summed E-state index contributed by atoms with van der Waals surface area (Å²) >= 11 is 0.326. The molecule has 0 N–H and O–H groups in total. The Bertz CT molecular complexity index is 356. The SMILES string of the molecule is CC1(C)CCC([Se]c2ccccc2)C1=O. The molecule has 2 heteroatoms.